The summed E-state index contributed by atoms with van der Waals surface area (Å²) in [5, 5.41) is 9.94. The summed E-state index contributed by atoms with van der Waals surface area (Å²) in [5.74, 6) is 0.738. The average molecular weight is 392 g/mol. The Morgan fingerprint density at radius 1 is 1.07 bits per heavy atom. The Bertz CT molecular complexity index is 1050. The number of hydrazone groups is 1. The van der Waals surface area contributed by atoms with Gasteiger partial charge in [-0.1, -0.05) is 30.3 Å². The molecule has 0 amide bonds. The van der Waals surface area contributed by atoms with Crippen molar-refractivity contribution in [3.63, 3.8) is 0 Å². The van der Waals surface area contributed by atoms with Crippen LogP contribution in [0.15, 0.2) is 64.5 Å². The summed E-state index contributed by atoms with van der Waals surface area (Å²) in [6.07, 6.45) is 0. The highest BCUT2D eigenvalue weighted by Gasteiger charge is 2.20. The first kappa shape index (κ1) is 19.0. The second-order valence-corrected chi connectivity index (χ2v) is 6.82. The Kier molecular flexibility index (Phi) is 5.48. The predicted molar refractivity (Wildman–Crippen MR) is 113 cm³/mol. The van der Waals surface area contributed by atoms with E-state index in [2.05, 4.69) is 5.10 Å². The van der Waals surface area contributed by atoms with E-state index in [1.165, 1.54) is 0 Å². The monoisotopic (exact) mass is 392 g/mol. The molecular weight excluding hydrogens is 368 g/mol. The van der Waals surface area contributed by atoms with E-state index in [0.29, 0.717) is 24.5 Å². The summed E-state index contributed by atoms with van der Waals surface area (Å²) in [7, 11) is 1.62. The average Bonchev–Trinajstić information content (AvgIpc) is 3.12. The molecule has 0 atom stereocenters. The molecule has 1 N–H and O–H groups in total. The molecule has 2 heterocycles. The maximum atomic E-state index is 13.4. The van der Waals surface area contributed by atoms with Gasteiger partial charge in [-0.2, -0.15) is 5.10 Å². The number of aromatic nitrogens is 2. The van der Waals surface area contributed by atoms with Gasteiger partial charge in [0.2, 0.25) is 0 Å². The summed E-state index contributed by atoms with van der Waals surface area (Å²) >= 11 is 0. The molecule has 7 nitrogen and oxygen atoms in total. The van der Waals surface area contributed by atoms with Gasteiger partial charge in [0.05, 0.1) is 56.1 Å². The van der Waals surface area contributed by atoms with Crippen molar-refractivity contribution in [2.24, 2.45) is 5.10 Å². The predicted octanol–water partition coefficient (Wildman–Crippen LogP) is 2.90. The van der Waals surface area contributed by atoms with Crippen molar-refractivity contribution in [2.75, 3.05) is 33.4 Å². The molecule has 4 rings (SSSR count). The molecule has 1 aliphatic heterocycles. The van der Waals surface area contributed by atoms with Gasteiger partial charge in [0, 0.05) is 5.56 Å². The zero-order valence-electron chi connectivity index (χ0n) is 16.6. The smallest absolute Gasteiger partial charge is 0.281 e. The molecule has 0 saturated carbocycles. The summed E-state index contributed by atoms with van der Waals surface area (Å²) in [6, 6.07) is 17.2. The van der Waals surface area contributed by atoms with Crippen molar-refractivity contribution in [3.8, 4) is 22.7 Å². The van der Waals surface area contributed by atoms with Gasteiger partial charge in [-0.25, -0.2) is 4.68 Å². The molecule has 3 aromatic rings. The van der Waals surface area contributed by atoms with Gasteiger partial charge in [-0.15, -0.1) is 0 Å². The molecule has 150 valence electrons. The van der Waals surface area contributed by atoms with Crippen LogP contribution in [-0.2, 0) is 4.74 Å². The lowest BCUT2D eigenvalue weighted by Gasteiger charge is -2.24. The standard InChI is InChI=1S/C22H24N4O3/c1-16(23-25-12-14-29-15-13-25)20-21(17-6-4-3-5-7-17)24-26(22(20)27)18-8-10-19(28-2)11-9-18/h3-11,24H,12-15H2,1-2H3/b23-16+. The van der Waals surface area contributed by atoms with Crippen LogP contribution in [0.1, 0.15) is 12.5 Å². The minimum Gasteiger partial charge on any atom is -0.497 e. The van der Waals surface area contributed by atoms with E-state index in [9.17, 15) is 4.79 Å². The molecule has 0 aliphatic carbocycles. The van der Waals surface area contributed by atoms with Gasteiger partial charge in [0.1, 0.15) is 5.75 Å². The quantitative estimate of drug-likeness (QED) is 0.678. The molecule has 29 heavy (non-hydrogen) atoms. The summed E-state index contributed by atoms with van der Waals surface area (Å²) < 4.78 is 12.2. The number of hydrogen-bond acceptors (Lipinski definition) is 5. The Morgan fingerprint density at radius 3 is 2.41 bits per heavy atom. The van der Waals surface area contributed by atoms with Crippen LogP contribution in [0.4, 0.5) is 0 Å². The third-order valence-corrected chi connectivity index (χ3v) is 4.92. The molecule has 0 radical (unpaired) electrons. The van der Waals surface area contributed by atoms with Gasteiger partial charge in [0.25, 0.3) is 5.56 Å². The highest BCUT2D eigenvalue weighted by Crippen LogP contribution is 2.22. The van der Waals surface area contributed by atoms with Crippen molar-refractivity contribution >= 4 is 5.71 Å². The second-order valence-electron chi connectivity index (χ2n) is 6.82. The molecule has 1 fully saturated rings. The van der Waals surface area contributed by atoms with Crippen LogP contribution in [0.5, 0.6) is 5.75 Å². The van der Waals surface area contributed by atoms with Crippen molar-refractivity contribution in [2.45, 2.75) is 6.92 Å². The third-order valence-electron chi connectivity index (χ3n) is 4.92. The number of rotatable bonds is 5. The normalized spacial score (nSPS) is 14.8. The highest BCUT2D eigenvalue weighted by atomic mass is 16.5. The van der Waals surface area contributed by atoms with Crippen LogP contribution < -0.4 is 10.3 Å². The number of nitrogens with zero attached hydrogens (tertiary/aromatic N) is 3. The number of H-pyrrole nitrogens is 1. The molecule has 7 heteroatoms. The molecule has 1 aromatic heterocycles. The van der Waals surface area contributed by atoms with Crippen molar-refractivity contribution in [3.05, 3.63) is 70.5 Å². The Hall–Kier alpha value is -3.32. The van der Waals surface area contributed by atoms with Crippen LogP contribution in [-0.4, -0.2) is 53.9 Å². The van der Waals surface area contributed by atoms with Crippen LogP contribution >= 0.6 is 0 Å². The first-order valence-corrected chi connectivity index (χ1v) is 9.60. The number of ether oxygens (including phenoxy) is 2. The molecule has 0 spiro atoms. The fourth-order valence-corrected chi connectivity index (χ4v) is 3.42. The van der Waals surface area contributed by atoms with Crippen LogP contribution in [0.25, 0.3) is 16.9 Å². The summed E-state index contributed by atoms with van der Waals surface area (Å²) in [4.78, 5) is 13.4. The molecule has 0 unspecified atom stereocenters. The van der Waals surface area contributed by atoms with Gasteiger partial charge in [-0.05, 0) is 31.2 Å². The zero-order valence-corrected chi connectivity index (χ0v) is 16.6. The van der Waals surface area contributed by atoms with E-state index in [1.54, 1.807) is 11.8 Å². The molecule has 0 bridgehead atoms. The Morgan fingerprint density at radius 2 is 1.76 bits per heavy atom. The fraction of sp³-hybridized carbons (Fsp3) is 0.273. The molecule has 2 aromatic carbocycles. The first-order valence-electron chi connectivity index (χ1n) is 9.60. The molecular formula is C22H24N4O3. The maximum Gasteiger partial charge on any atom is 0.281 e. The van der Waals surface area contributed by atoms with Crippen molar-refractivity contribution in [1.29, 1.82) is 0 Å². The molecule has 1 saturated heterocycles. The number of hydrogen-bond donors (Lipinski definition) is 1. The topological polar surface area (TPSA) is 71.8 Å². The maximum absolute atomic E-state index is 13.4. The van der Waals surface area contributed by atoms with Gasteiger partial charge in [0.15, 0.2) is 0 Å². The van der Waals surface area contributed by atoms with Crippen LogP contribution in [0.2, 0.25) is 0 Å². The minimum atomic E-state index is -0.136. The van der Waals surface area contributed by atoms with E-state index in [1.807, 2.05) is 66.5 Å². The van der Waals surface area contributed by atoms with Gasteiger partial charge in [-0.3, -0.25) is 14.9 Å². The number of aromatic amines is 1. The minimum absolute atomic E-state index is 0.136. The number of morpholine rings is 1. The fourth-order valence-electron chi connectivity index (χ4n) is 3.42. The number of methoxy groups -OCH3 is 1. The lowest BCUT2D eigenvalue weighted by Crippen LogP contribution is -2.33. The Balaban J connectivity index is 1.82. The van der Waals surface area contributed by atoms with E-state index in [-0.39, 0.29) is 5.56 Å². The highest BCUT2D eigenvalue weighted by molar-refractivity contribution is 6.03. The third kappa shape index (κ3) is 3.95. The van der Waals surface area contributed by atoms with Crippen molar-refractivity contribution < 1.29 is 9.47 Å². The molecule has 1 aliphatic rings. The van der Waals surface area contributed by atoms with E-state index in [0.717, 1.165) is 35.8 Å². The lowest BCUT2D eigenvalue weighted by atomic mass is 10.1. The van der Waals surface area contributed by atoms with E-state index >= 15 is 0 Å². The first-order chi connectivity index (χ1) is 14.2. The van der Waals surface area contributed by atoms with Gasteiger partial charge < -0.3 is 9.47 Å². The second kappa shape index (κ2) is 8.36. The van der Waals surface area contributed by atoms with E-state index in [4.69, 9.17) is 14.6 Å². The van der Waals surface area contributed by atoms with Crippen molar-refractivity contribution in [1.82, 2.24) is 14.8 Å². The summed E-state index contributed by atoms with van der Waals surface area (Å²) in [6.45, 7) is 4.60. The Labute approximate surface area is 169 Å². The zero-order chi connectivity index (χ0) is 20.2. The lowest BCUT2D eigenvalue weighted by molar-refractivity contribution is 0.0393. The number of benzene rings is 2. The van der Waals surface area contributed by atoms with Crippen LogP contribution in [0.3, 0.4) is 0 Å². The largest absolute Gasteiger partial charge is 0.497 e. The summed E-state index contributed by atoms with van der Waals surface area (Å²) in [5.41, 5.74) is 3.53. The SMILES string of the molecule is COc1ccc(-n2[nH]c(-c3ccccc3)c(/C(C)=N/N3CCOCC3)c2=O)cc1. The number of nitrogens with one attached hydrogen (secondary N) is 1. The van der Waals surface area contributed by atoms with E-state index < -0.39 is 0 Å². The van der Waals surface area contributed by atoms with Crippen LogP contribution in [0, 0.1) is 0 Å². The van der Waals surface area contributed by atoms with Gasteiger partial charge >= 0.3 is 0 Å².